The highest BCUT2D eigenvalue weighted by atomic mass is 15.0. The Morgan fingerprint density at radius 3 is 2.28 bits per heavy atom. The summed E-state index contributed by atoms with van der Waals surface area (Å²) in [4.78, 5) is 0. The topological polar surface area (TPSA) is 24.1 Å². The Hall–Kier alpha value is -0.0800. The summed E-state index contributed by atoms with van der Waals surface area (Å²) < 4.78 is 0. The summed E-state index contributed by atoms with van der Waals surface area (Å²) in [6, 6.07) is 0. The Balaban J connectivity index is 1.48. The highest BCUT2D eigenvalue weighted by molar-refractivity contribution is 4.97. The van der Waals surface area contributed by atoms with Gasteiger partial charge < -0.3 is 10.6 Å². The SMILES string of the molecule is CCCCCCNCCNC12CCC(CC1)CC2. The van der Waals surface area contributed by atoms with Crippen molar-refractivity contribution in [3.05, 3.63) is 0 Å². The van der Waals surface area contributed by atoms with Crippen LogP contribution in [0.5, 0.6) is 0 Å². The second kappa shape index (κ2) is 7.49. The van der Waals surface area contributed by atoms with E-state index >= 15 is 0 Å². The highest BCUT2D eigenvalue weighted by Gasteiger charge is 2.39. The summed E-state index contributed by atoms with van der Waals surface area (Å²) in [5.41, 5.74) is 0.540. The van der Waals surface area contributed by atoms with Crippen molar-refractivity contribution in [1.82, 2.24) is 10.6 Å². The first-order valence-electron chi connectivity index (χ1n) is 8.30. The van der Waals surface area contributed by atoms with Crippen LogP contribution in [0.1, 0.15) is 71.1 Å². The van der Waals surface area contributed by atoms with E-state index in [1.54, 1.807) is 0 Å². The molecular weight excluding hydrogens is 220 g/mol. The highest BCUT2D eigenvalue weighted by Crippen LogP contribution is 2.43. The first-order chi connectivity index (χ1) is 8.85. The molecule has 2 heteroatoms. The zero-order chi connectivity index (χ0) is 12.7. The van der Waals surface area contributed by atoms with Crippen molar-refractivity contribution in [2.24, 2.45) is 5.92 Å². The minimum Gasteiger partial charge on any atom is -0.315 e. The van der Waals surface area contributed by atoms with Gasteiger partial charge in [0.2, 0.25) is 0 Å². The van der Waals surface area contributed by atoms with Gasteiger partial charge in [0.15, 0.2) is 0 Å². The lowest BCUT2D eigenvalue weighted by molar-refractivity contribution is 0.106. The number of nitrogens with one attached hydrogen (secondary N) is 2. The largest absolute Gasteiger partial charge is 0.315 e. The lowest BCUT2D eigenvalue weighted by Crippen LogP contribution is -2.53. The zero-order valence-electron chi connectivity index (χ0n) is 12.3. The number of hydrogen-bond acceptors (Lipinski definition) is 2. The van der Waals surface area contributed by atoms with Gasteiger partial charge in [-0.05, 0) is 57.4 Å². The van der Waals surface area contributed by atoms with Crippen molar-refractivity contribution in [3.8, 4) is 0 Å². The van der Waals surface area contributed by atoms with E-state index in [2.05, 4.69) is 17.6 Å². The fraction of sp³-hybridized carbons (Fsp3) is 1.00. The fourth-order valence-electron chi connectivity index (χ4n) is 3.73. The van der Waals surface area contributed by atoms with Gasteiger partial charge in [-0.25, -0.2) is 0 Å². The van der Waals surface area contributed by atoms with Crippen LogP contribution in [-0.4, -0.2) is 25.2 Å². The van der Waals surface area contributed by atoms with Gasteiger partial charge in [0.25, 0.3) is 0 Å². The molecule has 3 saturated carbocycles. The van der Waals surface area contributed by atoms with E-state index < -0.39 is 0 Å². The first-order valence-corrected chi connectivity index (χ1v) is 8.30. The molecular formula is C16H32N2. The zero-order valence-corrected chi connectivity index (χ0v) is 12.3. The average Bonchev–Trinajstić information content (AvgIpc) is 2.44. The second-order valence-electron chi connectivity index (χ2n) is 6.50. The maximum atomic E-state index is 3.86. The molecule has 0 atom stereocenters. The Kier molecular flexibility index (Phi) is 5.97. The third kappa shape index (κ3) is 4.24. The molecule has 106 valence electrons. The van der Waals surface area contributed by atoms with E-state index in [1.165, 1.54) is 77.3 Å². The van der Waals surface area contributed by atoms with Crippen molar-refractivity contribution >= 4 is 0 Å². The summed E-state index contributed by atoms with van der Waals surface area (Å²) in [6.45, 7) is 5.79. The van der Waals surface area contributed by atoms with Crippen LogP contribution in [0.3, 0.4) is 0 Å². The standard InChI is InChI=1S/C16H32N2/c1-2-3-4-5-12-17-13-14-18-16-9-6-15(7-10-16)8-11-16/h15,17-18H,2-14H2,1H3. The predicted molar refractivity (Wildman–Crippen MR) is 78.9 cm³/mol. The quantitative estimate of drug-likeness (QED) is 0.614. The van der Waals surface area contributed by atoms with Crippen molar-refractivity contribution in [3.63, 3.8) is 0 Å². The van der Waals surface area contributed by atoms with Gasteiger partial charge in [-0.2, -0.15) is 0 Å². The molecule has 0 unspecified atom stereocenters. The smallest absolute Gasteiger partial charge is 0.0182 e. The molecule has 0 spiro atoms. The summed E-state index contributed by atoms with van der Waals surface area (Å²) in [6.07, 6.45) is 14.2. The van der Waals surface area contributed by atoms with E-state index in [1.807, 2.05) is 0 Å². The second-order valence-corrected chi connectivity index (χ2v) is 6.50. The van der Waals surface area contributed by atoms with E-state index in [-0.39, 0.29) is 0 Å². The maximum Gasteiger partial charge on any atom is 0.0182 e. The number of fused-ring (bicyclic) bond motifs is 3. The monoisotopic (exact) mass is 252 g/mol. The molecule has 0 aliphatic heterocycles. The lowest BCUT2D eigenvalue weighted by Gasteiger charge is -2.47. The van der Waals surface area contributed by atoms with Gasteiger partial charge in [-0.1, -0.05) is 26.2 Å². The lowest BCUT2D eigenvalue weighted by atomic mass is 9.66. The molecule has 2 bridgehead atoms. The van der Waals surface area contributed by atoms with Gasteiger partial charge in [0.1, 0.15) is 0 Å². The van der Waals surface area contributed by atoms with Gasteiger partial charge in [0.05, 0.1) is 0 Å². The van der Waals surface area contributed by atoms with E-state index in [9.17, 15) is 0 Å². The van der Waals surface area contributed by atoms with Crippen LogP contribution in [0, 0.1) is 5.92 Å². The molecule has 3 rings (SSSR count). The number of rotatable bonds is 9. The predicted octanol–water partition coefficient (Wildman–Crippen LogP) is 3.47. The molecule has 3 aliphatic carbocycles. The average molecular weight is 252 g/mol. The van der Waals surface area contributed by atoms with Crippen molar-refractivity contribution in [2.75, 3.05) is 19.6 Å². The van der Waals surface area contributed by atoms with Gasteiger partial charge in [-0.3, -0.25) is 0 Å². The molecule has 0 aromatic carbocycles. The maximum absolute atomic E-state index is 3.86. The molecule has 0 saturated heterocycles. The minimum atomic E-state index is 0.540. The molecule has 0 radical (unpaired) electrons. The van der Waals surface area contributed by atoms with Crippen LogP contribution in [0.4, 0.5) is 0 Å². The minimum absolute atomic E-state index is 0.540. The molecule has 0 heterocycles. The van der Waals surface area contributed by atoms with Crippen molar-refractivity contribution in [2.45, 2.75) is 76.7 Å². The Labute approximate surface area is 113 Å². The van der Waals surface area contributed by atoms with Crippen LogP contribution in [0.2, 0.25) is 0 Å². The molecule has 2 nitrogen and oxygen atoms in total. The fourth-order valence-corrected chi connectivity index (χ4v) is 3.73. The molecule has 0 aromatic heterocycles. The molecule has 3 fully saturated rings. The third-order valence-corrected chi connectivity index (χ3v) is 5.10. The van der Waals surface area contributed by atoms with Crippen LogP contribution >= 0.6 is 0 Å². The molecule has 0 amide bonds. The van der Waals surface area contributed by atoms with Gasteiger partial charge in [0, 0.05) is 18.6 Å². The summed E-state index contributed by atoms with van der Waals surface area (Å²) >= 11 is 0. The van der Waals surface area contributed by atoms with E-state index in [4.69, 9.17) is 0 Å². The number of unbranched alkanes of at least 4 members (excludes halogenated alkanes) is 3. The van der Waals surface area contributed by atoms with Crippen LogP contribution in [0.15, 0.2) is 0 Å². The van der Waals surface area contributed by atoms with Gasteiger partial charge in [-0.15, -0.1) is 0 Å². The van der Waals surface area contributed by atoms with Crippen molar-refractivity contribution < 1.29 is 0 Å². The van der Waals surface area contributed by atoms with Gasteiger partial charge >= 0.3 is 0 Å². The normalized spacial score (nSPS) is 30.8. The van der Waals surface area contributed by atoms with E-state index in [0.29, 0.717) is 5.54 Å². The van der Waals surface area contributed by atoms with Crippen LogP contribution in [-0.2, 0) is 0 Å². The molecule has 18 heavy (non-hydrogen) atoms. The van der Waals surface area contributed by atoms with Crippen LogP contribution < -0.4 is 10.6 Å². The summed E-state index contributed by atoms with van der Waals surface area (Å²) in [5.74, 6) is 1.07. The Morgan fingerprint density at radius 2 is 1.61 bits per heavy atom. The summed E-state index contributed by atoms with van der Waals surface area (Å²) in [5, 5.41) is 7.44. The Morgan fingerprint density at radius 1 is 0.889 bits per heavy atom. The first kappa shape index (κ1) is 14.3. The van der Waals surface area contributed by atoms with Crippen LogP contribution in [0.25, 0.3) is 0 Å². The Bertz CT molecular complexity index is 205. The molecule has 2 N–H and O–H groups in total. The third-order valence-electron chi connectivity index (χ3n) is 5.10. The van der Waals surface area contributed by atoms with Crippen molar-refractivity contribution in [1.29, 1.82) is 0 Å². The van der Waals surface area contributed by atoms with E-state index in [0.717, 1.165) is 12.5 Å². The summed E-state index contributed by atoms with van der Waals surface area (Å²) in [7, 11) is 0. The number of hydrogen-bond donors (Lipinski definition) is 2. The molecule has 3 aliphatic rings. The molecule has 0 aromatic rings.